The van der Waals surface area contributed by atoms with Gasteiger partial charge in [-0.25, -0.2) is 18.2 Å². The number of piperidine rings is 1. The van der Waals surface area contributed by atoms with Crippen LogP contribution >= 0.6 is 0 Å². The van der Waals surface area contributed by atoms with E-state index in [-0.39, 0.29) is 24.1 Å². The molecule has 3 aromatic heterocycles. The van der Waals surface area contributed by atoms with E-state index in [1.165, 1.54) is 0 Å². The number of nitrogens with one attached hydrogen (secondary N) is 1. The molecule has 6 rings (SSSR count). The molecule has 0 spiro atoms. The van der Waals surface area contributed by atoms with E-state index in [0.717, 1.165) is 48.7 Å². The van der Waals surface area contributed by atoms with Gasteiger partial charge in [0.15, 0.2) is 0 Å². The molecule has 192 valence electrons. The number of hydrogen-bond donors (Lipinski definition) is 1. The van der Waals surface area contributed by atoms with Crippen molar-refractivity contribution in [2.75, 3.05) is 18.0 Å². The molecular formula is C28H29F3N6. The third kappa shape index (κ3) is 4.56. The maximum absolute atomic E-state index is 14.6. The van der Waals surface area contributed by atoms with Crippen LogP contribution in [0.3, 0.4) is 0 Å². The fourth-order valence-corrected chi connectivity index (χ4v) is 5.75. The Morgan fingerprint density at radius 3 is 2.81 bits per heavy atom. The van der Waals surface area contributed by atoms with Gasteiger partial charge in [0, 0.05) is 41.0 Å². The minimum absolute atomic E-state index is 0.0521. The highest BCUT2D eigenvalue weighted by Gasteiger charge is 2.36. The first kappa shape index (κ1) is 23.9. The number of rotatable bonds is 4. The lowest BCUT2D eigenvalue weighted by molar-refractivity contribution is 0.221. The van der Waals surface area contributed by atoms with Crippen LogP contribution in [-0.2, 0) is 0 Å². The number of anilines is 1. The highest BCUT2D eigenvalue weighted by Crippen LogP contribution is 2.39. The Bertz CT molecular complexity index is 1450. The van der Waals surface area contributed by atoms with E-state index in [4.69, 9.17) is 4.98 Å². The second kappa shape index (κ2) is 9.13. The third-order valence-electron chi connectivity index (χ3n) is 7.54. The van der Waals surface area contributed by atoms with E-state index < -0.39 is 23.8 Å². The minimum Gasteiger partial charge on any atom is -0.346 e. The number of halogens is 3. The maximum atomic E-state index is 14.6. The molecular weight excluding hydrogens is 477 g/mol. The van der Waals surface area contributed by atoms with Gasteiger partial charge in [0.25, 0.3) is 0 Å². The second-order valence-electron chi connectivity index (χ2n) is 10.7. The molecule has 2 saturated heterocycles. The molecule has 0 radical (unpaired) electrons. The smallest absolute Gasteiger partial charge is 0.130 e. The first-order valence-electron chi connectivity index (χ1n) is 12.7. The lowest BCUT2D eigenvalue weighted by atomic mass is 9.89. The molecule has 1 N–H and O–H groups in total. The molecule has 0 amide bonds. The van der Waals surface area contributed by atoms with Crippen molar-refractivity contribution in [3.63, 3.8) is 0 Å². The van der Waals surface area contributed by atoms with Gasteiger partial charge in [-0.15, -0.1) is 0 Å². The van der Waals surface area contributed by atoms with Crippen LogP contribution in [0.5, 0.6) is 0 Å². The number of fused-ring (bicyclic) bond motifs is 1. The lowest BCUT2D eigenvalue weighted by Crippen LogP contribution is -2.46. The summed E-state index contributed by atoms with van der Waals surface area (Å²) in [7, 11) is 0. The number of hydrogen-bond acceptors (Lipinski definition) is 5. The van der Waals surface area contributed by atoms with Crippen LogP contribution in [0.4, 0.5) is 19.0 Å². The van der Waals surface area contributed by atoms with Gasteiger partial charge in [0.2, 0.25) is 0 Å². The molecule has 2 fully saturated rings. The molecule has 3 atom stereocenters. The Kier molecular flexibility index (Phi) is 5.90. The minimum atomic E-state index is -1.18. The van der Waals surface area contributed by atoms with Gasteiger partial charge in [-0.1, -0.05) is 0 Å². The van der Waals surface area contributed by atoms with Gasteiger partial charge in [0.1, 0.15) is 23.6 Å². The van der Waals surface area contributed by atoms with Gasteiger partial charge in [-0.2, -0.15) is 5.10 Å². The summed E-state index contributed by atoms with van der Waals surface area (Å²) in [4.78, 5) is 11.1. The van der Waals surface area contributed by atoms with Crippen LogP contribution in [0.2, 0.25) is 0 Å². The van der Waals surface area contributed by atoms with Crippen molar-refractivity contribution in [2.45, 2.75) is 56.9 Å². The Labute approximate surface area is 213 Å². The van der Waals surface area contributed by atoms with Crippen LogP contribution in [0, 0.1) is 11.6 Å². The summed E-state index contributed by atoms with van der Waals surface area (Å²) in [5.41, 5.74) is 3.34. The topological polar surface area (TPSA) is 58.9 Å². The highest BCUT2D eigenvalue weighted by atomic mass is 19.1. The molecule has 37 heavy (non-hydrogen) atoms. The molecule has 5 heterocycles. The van der Waals surface area contributed by atoms with E-state index in [0.29, 0.717) is 22.9 Å². The quantitative estimate of drug-likeness (QED) is 0.381. The van der Waals surface area contributed by atoms with Crippen LogP contribution in [0.15, 0.2) is 55.0 Å². The lowest BCUT2D eigenvalue weighted by Gasteiger charge is -2.36. The fourth-order valence-electron chi connectivity index (χ4n) is 5.75. The van der Waals surface area contributed by atoms with E-state index in [1.54, 1.807) is 17.2 Å². The van der Waals surface area contributed by atoms with E-state index in [1.807, 2.05) is 29.2 Å². The predicted molar refractivity (Wildman–Crippen MR) is 137 cm³/mol. The zero-order valence-corrected chi connectivity index (χ0v) is 20.8. The molecule has 9 heteroatoms. The summed E-state index contributed by atoms with van der Waals surface area (Å²) in [6.45, 7) is 5.40. The summed E-state index contributed by atoms with van der Waals surface area (Å²) in [6.07, 6.45) is 6.50. The van der Waals surface area contributed by atoms with Crippen molar-refractivity contribution in [3.05, 3.63) is 72.2 Å². The monoisotopic (exact) mass is 506 g/mol. The van der Waals surface area contributed by atoms with E-state index >= 15 is 0 Å². The molecule has 2 unspecified atom stereocenters. The second-order valence-corrected chi connectivity index (χ2v) is 10.7. The van der Waals surface area contributed by atoms with Crippen molar-refractivity contribution in [1.82, 2.24) is 25.1 Å². The van der Waals surface area contributed by atoms with Crippen LogP contribution in [0.25, 0.3) is 22.2 Å². The van der Waals surface area contributed by atoms with Crippen molar-refractivity contribution in [1.29, 1.82) is 0 Å². The zero-order valence-electron chi connectivity index (χ0n) is 20.8. The van der Waals surface area contributed by atoms with E-state index in [2.05, 4.69) is 29.2 Å². The summed E-state index contributed by atoms with van der Waals surface area (Å²) in [5, 5.41) is 8.22. The largest absolute Gasteiger partial charge is 0.346 e. The Morgan fingerprint density at radius 1 is 1.11 bits per heavy atom. The SMILES string of the molecule is CC1(C)CC(n2cc(-c3ccnc4ccc(N5C[C@@H](F)CC5c5cc(F)ccc5F)nc34)cn2)CCN1. The van der Waals surface area contributed by atoms with Crippen LogP contribution in [0.1, 0.15) is 50.8 Å². The molecule has 0 bridgehead atoms. The normalized spacial score (nSPS) is 23.6. The molecule has 2 aliphatic rings. The molecule has 6 nitrogen and oxygen atoms in total. The Hall–Kier alpha value is -3.46. The van der Waals surface area contributed by atoms with E-state index in [9.17, 15) is 13.2 Å². The Morgan fingerprint density at radius 2 is 1.97 bits per heavy atom. The third-order valence-corrected chi connectivity index (χ3v) is 7.54. The molecule has 0 aliphatic carbocycles. The van der Waals surface area contributed by atoms with Gasteiger partial charge in [-0.3, -0.25) is 9.67 Å². The average molecular weight is 507 g/mol. The van der Waals surface area contributed by atoms with Gasteiger partial charge < -0.3 is 10.2 Å². The fraction of sp³-hybridized carbons (Fsp3) is 0.393. The number of aromatic nitrogens is 4. The van der Waals surface area contributed by atoms with Crippen LogP contribution in [-0.4, -0.2) is 44.5 Å². The number of pyridine rings is 2. The first-order chi connectivity index (χ1) is 17.8. The highest BCUT2D eigenvalue weighted by molar-refractivity contribution is 5.91. The molecule has 4 aromatic rings. The number of benzene rings is 1. The first-order valence-corrected chi connectivity index (χ1v) is 12.7. The summed E-state index contributed by atoms with van der Waals surface area (Å²) in [5.74, 6) is -0.601. The summed E-state index contributed by atoms with van der Waals surface area (Å²) < 4.78 is 45.2. The Balaban J connectivity index is 1.37. The summed E-state index contributed by atoms with van der Waals surface area (Å²) >= 11 is 0. The van der Waals surface area contributed by atoms with Crippen molar-refractivity contribution >= 4 is 16.9 Å². The molecule has 2 aliphatic heterocycles. The average Bonchev–Trinajstić information content (AvgIpc) is 3.51. The predicted octanol–water partition coefficient (Wildman–Crippen LogP) is 5.76. The number of alkyl halides is 1. The molecule has 0 saturated carbocycles. The van der Waals surface area contributed by atoms with Crippen molar-refractivity contribution < 1.29 is 13.2 Å². The summed E-state index contributed by atoms with van der Waals surface area (Å²) in [6, 6.07) is 8.46. The number of nitrogens with zero attached hydrogens (tertiary/aromatic N) is 5. The van der Waals surface area contributed by atoms with Gasteiger partial charge in [-0.05, 0) is 69.6 Å². The molecule has 1 aromatic carbocycles. The van der Waals surface area contributed by atoms with Crippen molar-refractivity contribution in [2.24, 2.45) is 0 Å². The van der Waals surface area contributed by atoms with Crippen molar-refractivity contribution in [3.8, 4) is 11.1 Å². The maximum Gasteiger partial charge on any atom is 0.130 e. The van der Waals surface area contributed by atoms with Gasteiger partial charge in [0.05, 0.1) is 35.9 Å². The zero-order chi connectivity index (χ0) is 25.7. The van der Waals surface area contributed by atoms with Gasteiger partial charge >= 0.3 is 0 Å². The van der Waals surface area contributed by atoms with Crippen LogP contribution < -0.4 is 10.2 Å². The standard InChI is InChI=1S/C28H29F3N6/c1-28(2)13-20(7-10-33-28)37-15-17(14-34-37)21-8-9-32-24-5-6-26(35-27(21)24)36-16-19(30)12-25(36)22-11-18(29)3-4-23(22)31/h3-6,8-9,11,14-15,19-20,25,33H,7,10,12-13,16H2,1-2H3/t19-,20?,25?/m0/s1.